The van der Waals surface area contributed by atoms with Crippen molar-refractivity contribution in [3.63, 3.8) is 0 Å². The van der Waals surface area contributed by atoms with Crippen LogP contribution in [0.25, 0.3) is 0 Å². The number of anilines is 1. The monoisotopic (exact) mass is 208 g/mol. The topological polar surface area (TPSA) is 56.3 Å². The number of hydrogen-bond acceptors (Lipinski definition) is 4. The maximum atomic E-state index is 10.5. The molecule has 0 unspecified atom stereocenters. The summed E-state index contributed by atoms with van der Waals surface area (Å²) in [6, 6.07) is 5.58. The molecule has 0 saturated heterocycles. The zero-order chi connectivity index (χ0) is 10.7. The Morgan fingerprint density at radius 2 is 2.25 bits per heavy atom. The minimum absolute atomic E-state index is 0. The van der Waals surface area contributed by atoms with Crippen molar-refractivity contribution in [3.05, 3.63) is 48.3 Å². The molecule has 16 heavy (non-hydrogen) atoms. The molecule has 0 aromatic carbocycles. The van der Waals surface area contributed by atoms with E-state index >= 15 is 0 Å². The van der Waals surface area contributed by atoms with Crippen molar-refractivity contribution >= 4 is 11.8 Å². The minimum atomic E-state index is -1.15. The van der Waals surface area contributed by atoms with Crippen LogP contribution in [0.1, 0.15) is 0 Å². The molecule has 1 aliphatic rings. The molecule has 76 valence electrons. The molecule has 0 fully saturated rings. The second-order valence-electron chi connectivity index (χ2n) is 3.10. The van der Waals surface area contributed by atoms with E-state index < -0.39 is 5.97 Å². The number of nitrogens with zero attached hydrogens (tertiary/aromatic N) is 2. The van der Waals surface area contributed by atoms with E-state index in [-0.39, 0.29) is 24.4 Å². The Hall–Kier alpha value is -1.50. The smallest absolute Gasteiger partial charge is 0.545 e. The SMILES string of the molecule is O=C([O-])C1=CCN(c2ccccn2)C=C1.[Li+]. The van der Waals surface area contributed by atoms with Crippen molar-refractivity contribution < 1.29 is 28.8 Å². The van der Waals surface area contributed by atoms with Crippen LogP contribution < -0.4 is 28.9 Å². The standard InChI is InChI=1S/C11H10N2O2.Li/c14-11(15)9-4-7-13(8-5-9)10-3-1-2-6-12-10;/h1-7H,8H2,(H,14,15);/q;+1/p-1. The molecular formula is C11H9LiN2O2. The van der Waals surface area contributed by atoms with Crippen LogP contribution in [0, 0.1) is 0 Å². The van der Waals surface area contributed by atoms with Gasteiger partial charge in [0.1, 0.15) is 5.82 Å². The Morgan fingerprint density at radius 1 is 1.44 bits per heavy atom. The van der Waals surface area contributed by atoms with E-state index in [2.05, 4.69) is 4.98 Å². The van der Waals surface area contributed by atoms with Gasteiger partial charge in [-0.05, 0) is 23.8 Å². The van der Waals surface area contributed by atoms with E-state index in [9.17, 15) is 9.90 Å². The Labute approximate surface area is 105 Å². The zero-order valence-corrected chi connectivity index (χ0v) is 8.96. The zero-order valence-electron chi connectivity index (χ0n) is 8.96. The number of pyridine rings is 1. The number of carbonyl (C=O) groups is 1. The molecule has 2 heterocycles. The van der Waals surface area contributed by atoms with Crippen molar-refractivity contribution in [3.8, 4) is 0 Å². The number of carboxylic acid groups (broad SMARTS) is 1. The molecule has 0 radical (unpaired) electrons. The Bertz CT molecular complexity index is 429. The summed E-state index contributed by atoms with van der Waals surface area (Å²) in [7, 11) is 0. The van der Waals surface area contributed by atoms with Crippen LogP contribution in [0.3, 0.4) is 0 Å². The average molecular weight is 208 g/mol. The first kappa shape index (κ1) is 12.6. The molecule has 0 N–H and O–H groups in total. The van der Waals surface area contributed by atoms with Crippen LogP contribution >= 0.6 is 0 Å². The van der Waals surface area contributed by atoms with E-state index in [1.165, 1.54) is 6.08 Å². The fraction of sp³-hybridized carbons (Fsp3) is 0.0909. The molecule has 0 bridgehead atoms. The van der Waals surface area contributed by atoms with E-state index in [4.69, 9.17) is 0 Å². The van der Waals surface area contributed by atoms with Gasteiger partial charge in [0.25, 0.3) is 0 Å². The minimum Gasteiger partial charge on any atom is -0.545 e. The van der Waals surface area contributed by atoms with Crippen LogP contribution in [-0.4, -0.2) is 17.5 Å². The predicted molar refractivity (Wildman–Crippen MR) is 53.8 cm³/mol. The second-order valence-corrected chi connectivity index (χ2v) is 3.10. The van der Waals surface area contributed by atoms with E-state index in [1.807, 2.05) is 23.1 Å². The van der Waals surface area contributed by atoms with Crippen LogP contribution in [0.5, 0.6) is 0 Å². The van der Waals surface area contributed by atoms with E-state index in [0.29, 0.717) is 6.54 Å². The summed E-state index contributed by atoms with van der Waals surface area (Å²) in [6.45, 7) is 0.497. The van der Waals surface area contributed by atoms with Gasteiger partial charge in [-0.1, -0.05) is 12.1 Å². The summed E-state index contributed by atoms with van der Waals surface area (Å²) in [4.78, 5) is 16.5. The van der Waals surface area contributed by atoms with Crippen molar-refractivity contribution in [1.82, 2.24) is 4.98 Å². The van der Waals surface area contributed by atoms with Crippen LogP contribution in [0.4, 0.5) is 5.82 Å². The summed E-state index contributed by atoms with van der Waals surface area (Å²) in [6.07, 6.45) is 6.49. The van der Waals surface area contributed by atoms with Gasteiger partial charge in [-0.25, -0.2) is 4.98 Å². The molecule has 2 rings (SSSR count). The van der Waals surface area contributed by atoms with Crippen molar-refractivity contribution in [1.29, 1.82) is 0 Å². The molecule has 1 aromatic rings. The summed E-state index contributed by atoms with van der Waals surface area (Å²) in [5.74, 6) is -0.352. The quantitative estimate of drug-likeness (QED) is 0.489. The third kappa shape index (κ3) is 2.75. The van der Waals surface area contributed by atoms with Gasteiger partial charge in [0.2, 0.25) is 0 Å². The molecule has 5 heteroatoms. The first-order valence-electron chi connectivity index (χ1n) is 4.55. The molecule has 1 aliphatic heterocycles. The first-order valence-corrected chi connectivity index (χ1v) is 4.55. The van der Waals surface area contributed by atoms with E-state index in [1.54, 1.807) is 18.5 Å². The Kier molecular flexibility index (Phi) is 4.36. The van der Waals surface area contributed by atoms with Gasteiger partial charge in [0.15, 0.2) is 0 Å². The number of aromatic nitrogens is 1. The number of aliphatic carboxylic acids is 1. The Balaban J connectivity index is 0.00000128. The molecule has 0 saturated carbocycles. The maximum absolute atomic E-state index is 10.5. The maximum Gasteiger partial charge on any atom is 1.00 e. The predicted octanol–water partition coefficient (Wildman–Crippen LogP) is -2.90. The fourth-order valence-electron chi connectivity index (χ4n) is 1.34. The van der Waals surface area contributed by atoms with Crippen molar-refractivity contribution in [2.75, 3.05) is 11.4 Å². The second kappa shape index (κ2) is 5.55. The molecule has 0 spiro atoms. The third-order valence-corrected chi connectivity index (χ3v) is 2.12. The van der Waals surface area contributed by atoms with Crippen LogP contribution in [0.2, 0.25) is 0 Å². The first-order chi connectivity index (χ1) is 7.27. The van der Waals surface area contributed by atoms with E-state index in [0.717, 1.165) is 5.82 Å². The van der Waals surface area contributed by atoms with Crippen LogP contribution in [0.15, 0.2) is 48.3 Å². The van der Waals surface area contributed by atoms with Crippen LogP contribution in [-0.2, 0) is 4.79 Å². The summed E-state index contributed by atoms with van der Waals surface area (Å²) in [5.41, 5.74) is 0.210. The van der Waals surface area contributed by atoms with Gasteiger partial charge in [0.05, 0.1) is 5.97 Å². The van der Waals surface area contributed by atoms with Gasteiger partial charge in [-0.3, -0.25) is 0 Å². The van der Waals surface area contributed by atoms with Gasteiger partial charge in [-0.2, -0.15) is 0 Å². The molecule has 0 aliphatic carbocycles. The summed E-state index contributed by atoms with van der Waals surface area (Å²) < 4.78 is 0. The molecule has 0 atom stereocenters. The molecule has 4 nitrogen and oxygen atoms in total. The third-order valence-electron chi connectivity index (χ3n) is 2.12. The summed E-state index contributed by atoms with van der Waals surface area (Å²) in [5, 5.41) is 10.5. The summed E-state index contributed by atoms with van der Waals surface area (Å²) >= 11 is 0. The van der Waals surface area contributed by atoms with Gasteiger partial charge in [-0.15, -0.1) is 0 Å². The van der Waals surface area contributed by atoms with Crippen molar-refractivity contribution in [2.24, 2.45) is 0 Å². The largest absolute Gasteiger partial charge is 1.00 e. The molecular weight excluding hydrogens is 199 g/mol. The van der Waals surface area contributed by atoms with Gasteiger partial charge >= 0.3 is 18.9 Å². The van der Waals surface area contributed by atoms with Gasteiger partial charge < -0.3 is 14.8 Å². The molecule has 0 amide bonds. The average Bonchev–Trinajstić information content (AvgIpc) is 2.30. The molecule has 1 aromatic heterocycles. The van der Waals surface area contributed by atoms with Crippen molar-refractivity contribution in [2.45, 2.75) is 0 Å². The number of hydrogen-bond donors (Lipinski definition) is 0. The normalized spacial score (nSPS) is 14.0. The van der Waals surface area contributed by atoms with Gasteiger partial charge in [0, 0.05) is 18.9 Å². The fourth-order valence-corrected chi connectivity index (χ4v) is 1.34. The number of carboxylic acids is 1. The number of rotatable bonds is 2. The number of carbonyl (C=O) groups excluding carboxylic acids is 1. The Morgan fingerprint density at radius 3 is 2.75 bits per heavy atom.